The standard InChI is InChI=1S/C16H17N7O/c17-7-11(8-18)14(19)6-15(20)23-12-3-4-16(22-9-12)24-13-2-1-5-21-10-13/h1-10,17H,18-19H2,(H2,20,23)/b11-8+,14-6-,17-7?. The molecule has 0 unspecified atom stereocenters. The Labute approximate surface area is 138 Å². The Morgan fingerprint density at radius 3 is 2.67 bits per heavy atom. The van der Waals surface area contributed by atoms with Gasteiger partial charge in [0.15, 0.2) is 0 Å². The Morgan fingerprint density at radius 2 is 2.08 bits per heavy atom. The molecule has 7 N–H and O–H groups in total. The molecule has 0 atom stereocenters. The van der Waals surface area contributed by atoms with E-state index in [9.17, 15) is 0 Å². The zero-order valence-corrected chi connectivity index (χ0v) is 12.7. The highest BCUT2D eigenvalue weighted by Gasteiger charge is 2.02. The Balaban J connectivity index is 2.00. The first-order valence-electron chi connectivity index (χ1n) is 6.92. The minimum absolute atomic E-state index is 0.0384. The van der Waals surface area contributed by atoms with Crippen molar-refractivity contribution >= 4 is 17.7 Å². The number of aromatic nitrogens is 2. The van der Waals surface area contributed by atoms with E-state index in [0.717, 1.165) is 6.21 Å². The van der Waals surface area contributed by atoms with Crippen molar-refractivity contribution in [2.45, 2.75) is 0 Å². The molecule has 0 radical (unpaired) electrons. The maximum absolute atomic E-state index is 7.86. The minimum atomic E-state index is 0.0384. The highest BCUT2D eigenvalue weighted by molar-refractivity contribution is 6.03. The minimum Gasteiger partial charge on any atom is -0.437 e. The summed E-state index contributed by atoms with van der Waals surface area (Å²) in [5.74, 6) is 1.03. The van der Waals surface area contributed by atoms with Gasteiger partial charge in [0.25, 0.3) is 0 Å². The van der Waals surface area contributed by atoms with Crippen LogP contribution in [0.1, 0.15) is 0 Å². The van der Waals surface area contributed by atoms with Crippen LogP contribution in [0.2, 0.25) is 0 Å². The zero-order chi connectivity index (χ0) is 17.4. The average Bonchev–Trinajstić information content (AvgIpc) is 2.58. The topological polar surface area (TPSA) is 147 Å². The number of nitrogens with zero attached hydrogens (tertiary/aromatic N) is 2. The van der Waals surface area contributed by atoms with E-state index in [0.29, 0.717) is 22.9 Å². The van der Waals surface area contributed by atoms with Crippen LogP contribution in [-0.4, -0.2) is 22.0 Å². The number of rotatable bonds is 6. The van der Waals surface area contributed by atoms with Crippen molar-refractivity contribution in [1.29, 1.82) is 10.8 Å². The molecule has 2 heterocycles. The van der Waals surface area contributed by atoms with Crippen molar-refractivity contribution in [3.8, 4) is 11.6 Å². The van der Waals surface area contributed by atoms with E-state index in [1.165, 1.54) is 18.5 Å². The highest BCUT2D eigenvalue weighted by atomic mass is 16.5. The summed E-state index contributed by atoms with van der Waals surface area (Å²) < 4.78 is 5.53. The van der Waals surface area contributed by atoms with E-state index in [2.05, 4.69) is 15.3 Å². The summed E-state index contributed by atoms with van der Waals surface area (Å²) in [5.41, 5.74) is 12.2. The van der Waals surface area contributed by atoms with Gasteiger partial charge in [-0.25, -0.2) is 4.98 Å². The first kappa shape index (κ1) is 16.7. The van der Waals surface area contributed by atoms with Gasteiger partial charge in [-0.3, -0.25) is 10.4 Å². The van der Waals surface area contributed by atoms with Gasteiger partial charge in [-0.2, -0.15) is 0 Å². The van der Waals surface area contributed by atoms with Crippen molar-refractivity contribution in [2.75, 3.05) is 5.32 Å². The normalized spacial score (nSPS) is 11.7. The molecule has 0 aliphatic carbocycles. The van der Waals surface area contributed by atoms with Gasteiger partial charge in [0.2, 0.25) is 5.88 Å². The van der Waals surface area contributed by atoms with Crippen molar-refractivity contribution in [1.82, 2.24) is 9.97 Å². The third-order valence-electron chi connectivity index (χ3n) is 2.84. The number of ether oxygens (including phenoxy) is 1. The van der Waals surface area contributed by atoms with Gasteiger partial charge in [-0.05, 0) is 18.2 Å². The highest BCUT2D eigenvalue weighted by Crippen LogP contribution is 2.19. The van der Waals surface area contributed by atoms with Gasteiger partial charge in [0.1, 0.15) is 11.6 Å². The van der Waals surface area contributed by atoms with Gasteiger partial charge in [-0.1, -0.05) is 0 Å². The molecule has 0 spiro atoms. The van der Waals surface area contributed by atoms with E-state index >= 15 is 0 Å². The van der Waals surface area contributed by atoms with Crippen LogP contribution in [0, 0.1) is 10.8 Å². The summed E-state index contributed by atoms with van der Waals surface area (Å²) in [4.78, 5) is 8.10. The van der Waals surface area contributed by atoms with E-state index in [1.54, 1.807) is 36.7 Å². The summed E-state index contributed by atoms with van der Waals surface area (Å²) in [6.07, 6.45) is 8.36. The molecular formula is C16H17N7O. The third kappa shape index (κ3) is 4.67. The molecule has 0 saturated carbocycles. The molecule has 0 fully saturated rings. The van der Waals surface area contributed by atoms with Crippen LogP contribution in [0.15, 0.2) is 66.4 Å². The molecule has 2 rings (SSSR count). The van der Waals surface area contributed by atoms with E-state index in [-0.39, 0.29) is 11.5 Å². The predicted octanol–water partition coefficient (Wildman–Crippen LogP) is 1.99. The molecular weight excluding hydrogens is 306 g/mol. The number of amidine groups is 1. The second kappa shape index (κ2) is 8.08. The Morgan fingerprint density at radius 1 is 1.25 bits per heavy atom. The molecule has 24 heavy (non-hydrogen) atoms. The van der Waals surface area contributed by atoms with Crippen molar-refractivity contribution in [2.24, 2.45) is 11.5 Å². The molecule has 2 aromatic rings. The van der Waals surface area contributed by atoms with E-state index in [4.69, 9.17) is 27.0 Å². The van der Waals surface area contributed by atoms with Crippen LogP contribution < -0.4 is 21.5 Å². The van der Waals surface area contributed by atoms with Gasteiger partial charge in [0.05, 0.1) is 18.1 Å². The lowest BCUT2D eigenvalue weighted by atomic mass is 10.2. The number of allylic oxidation sites excluding steroid dienone is 1. The fourth-order valence-corrected chi connectivity index (χ4v) is 1.70. The summed E-state index contributed by atoms with van der Waals surface area (Å²) in [6.45, 7) is 0. The van der Waals surface area contributed by atoms with E-state index in [1.807, 2.05) is 0 Å². The number of pyridine rings is 2. The largest absolute Gasteiger partial charge is 0.437 e. The summed E-state index contributed by atoms with van der Waals surface area (Å²) in [6, 6.07) is 6.92. The van der Waals surface area contributed by atoms with Crippen molar-refractivity contribution in [3.05, 3.63) is 66.4 Å². The average molecular weight is 323 g/mol. The van der Waals surface area contributed by atoms with Crippen LogP contribution in [0.3, 0.4) is 0 Å². The molecule has 0 amide bonds. The van der Waals surface area contributed by atoms with Gasteiger partial charge >= 0.3 is 0 Å². The van der Waals surface area contributed by atoms with Crippen molar-refractivity contribution < 1.29 is 4.74 Å². The van der Waals surface area contributed by atoms with E-state index < -0.39 is 0 Å². The fraction of sp³-hybridized carbons (Fsp3) is 0. The predicted molar refractivity (Wildman–Crippen MR) is 93.2 cm³/mol. The lowest BCUT2D eigenvalue weighted by Crippen LogP contribution is -2.13. The van der Waals surface area contributed by atoms with Crippen LogP contribution >= 0.6 is 0 Å². The lowest BCUT2D eigenvalue weighted by molar-refractivity contribution is 0.461. The second-order valence-corrected chi connectivity index (χ2v) is 4.58. The molecule has 0 aliphatic heterocycles. The smallest absolute Gasteiger partial charge is 0.219 e. The zero-order valence-electron chi connectivity index (χ0n) is 12.7. The summed E-state index contributed by atoms with van der Waals surface area (Å²) >= 11 is 0. The van der Waals surface area contributed by atoms with Gasteiger partial charge < -0.3 is 26.9 Å². The number of hydrogen-bond acceptors (Lipinski definition) is 7. The quantitative estimate of drug-likeness (QED) is 0.312. The summed E-state index contributed by atoms with van der Waals surface area (Å²) in [5, 5.41) is 17.8. The van der Waals surface area contributed by atoms with Gasteiger partial charge in [0, 0.05) is 42.0 Å². The molecule has 0 aliphatic rings. The maximum Gasteiger partial charge on any atom is 0.219 e. The molecule has 8 nitrogen and oxygen atoms in total. The van der Waals surface area contributed by atoms with Crippen LogP contribution in [0.25, 0.3) is 0 Å². The fourth-order valence-electron chi connectivity index (χ4n) is 1.70. The van der Waals surface area contributed by atoms with Gasteiger partial charge in [-0.15, -0.1) is 0 Å². The summed E-state index contributed by atoms with van der Waals surface area (Å²) in [7, 11) is 0. The maximum atomic E-state index is 7.86. The molecule has 8 heteroatoms. The van der Waals surface area contributed by atoms with Crippen LogP contribution in [0.4, 0.5) is 5.69 Å². The Kier molecular flexibility index (Phi) is 5.62. The Bertz CT molecular complexity index is 767. The second-order valence-electron chi connectivity index (χ2n) is 4.58. The lowest BCUT2D eigenvalue weighted by Gasteiger charge is -2.07. The first-order chi connectivity index (χ1) is 11.6. The Hall–Kier alpha value is -3.68. The van der Waals surface area contributed by atoms with Crippen LogP contribution in [-0.2, 0) is 0 Å². The monoisotopic (exact) mass is 323 g/mol. The number of hydrogen-bond donors (Lipinski definition) is 5. The first-order valence-corrected chi connectivity index (χ1v) is 6.92. The van der Waals surface area contributed by atoms with Crippen LogP contribution in [0.5, 0.6) is 11.6 Å². The SMILES string of the molecule is N=CC(=C\N)/C(N)=C/C(=N)Nc1ccc(Oc2cccnc2)nc1. The molecule has 0 saturated heterocycles. The number of nitrogens with two attached hydrogens (primary N) is 2. The molecule has 2 aromatic heterocycles. The van der Waals surface area contributed by atoms with Crippen molar-refractivity contribution in [3.63, 3.8) is 0 Å². The number of anilines is 1. The molecule has 122 valence electrons. The molecule has 0 bridgehead atoms. The third-order valence-corrected chi connectivity index (χ3v) is 2.84. The molecule has 0 aromatic carbocycles. The number of nitrogens with one attached hydrogen (secondary N) is 3.